The molecule has 0 saturated carbocycles. The minimum atomic E-state index is 0.0873. The van der Waals surface area contributed by atoms with E-state index in [-0.39, 0.29) is 10.8 Å². The molecule has 0 fully saturated rings. The van der Waals surface area contributed by atoms with Crippen molar-refractivity contribution in [3.05, 3.63) is 38.6 Å². The molecule has 0 unspecified atom stereocenters. The molecule has 0 radical (unpaired) electrons. The van der Waals surface area contributed by atoms with Crippen molar-refractivity contribution in [2.75, 3.05) is 0 Å². The molecule has 2 heterocycles. The molecule has 102 valence electrons. The van der Waals surface area contributed by atoms with Crippen molar-refractivity contribution in [3.63, 3.8) is 0 Å². The van der Waals surface area contributed by atoms with Gasteiger partial charge in [-0.15, -0.1) is 17.1 Å². The Balaban J connectivity index is 2.36. The van der Waals surface area contributed by atoms with Crippen LogP contribution in [-0.4, -0.2) is 0 Å². The minimum Gasteiger partial charge on any atom is -0.146 e. The summed E-state index contributed by atoms with van der Waals surface area (Å²) in [4.78, 5) is 4.14. The van der Waals surface area contributed by atoms with E-state index in [0.29, 0.717) is 0 Å². The van der Waals surface area contributed by atoms with Crippen LogP contribution in [-0.2, 0) is 5.41 Å². The minimum absolute atomic E-state index is 0.0873. The fraction of sp³-hybridized carbons (Fsp3) is 0.471. The van der Waals surface area contributed by atoms with E-state index >= 15 is 0 Å². The summed E-state index contributed by atoms with van der Waals surface area (Å²) in [5.41, 5.74) is 4.95. The number of hydrogen-bond donors (Lipinski definition) is 0. The van der Waals surface area contributed by atoms with E-state index in [1.165, 1.54) is 20.2 Å². The van der Waals surface area contributed by atoms with Gasteiger partial charge in [-0.05, 0) is 18.4 Å². The monoisotopic (exact) mass is 290 g/mol. The number of rotatable bonds is 2. The Labute approximate surface area is 125 Å². The van der Waals surface area contributed by atoms with Crippen LogP contribution in [0, 0.1) is 5.41 Å². The van der Waals surface area contributed by atoms with Crippen molar-refractivity contribution in [3.8, 4) is 0 Å². The highest BCUT2D eigenvalue weighted by Gasteiger charge is 2.26. The van der Waals surface area contributed by atoms with Gasteiger partial charge in [-0.3, -0.25) is 0 Å². The molecule has 1 aromatic heterocycles. The lowest BCUT2D eigenvalue weighted by atomic mass is 9.86. The summed E-state index contributed by atoms with van der Waals surface area (Å²) in [6.45, 7) is 13.5. The molecule has 19 heavy (non-hydrogen) atoms. The van der Waals surface area contributed by atoms with Crippen LogP contribution in [0.1, 0.15) is 52.0 Å². The van der Waals surface area contributed by atoms with Crippen LogP contribution in [0.2, 0.25) is 0 Å². The van der Waals surface area contributed by atoms with Gasteiger partial charge in [0.05, 0.1) is 0 Å². The first kappa shape index (κ1) is 14.7. The van der Waals surface area contributed by atoms with E-state index in [2.05, 4.69) is 70.9 Å². The van der Waals surface area contributed by atoms with E-state index in [4.69, 9.17) is 0 Å². The maximum absolute atomic E-state index is 3.30. The van der Waals surface area contributed by atoms with Crippen LogP contribution in [0.3, 0.4) is 0 Å². The molecule has 0 bridgehead atoms. The number of hydrogen-bond acceptors (Lipinski definition) is 2. The number of thiophene rings is 1. The first-order chi connectivity index (χ1) is 8.69. The molecule has 0 nitrogen and oxygen atoms in total. The average molecular weight is 290 g/mol. The predicted octanol–water partition coefficient (Wildman–Crippen LogP) is 6.25. The normalized spacial score (nSPS) is 15.8. The summed E-state index contributed by atoms with van der Waals surface area (Å²) >= 11 is 3.72. The molecule has 1 aliphatic heterocycles. The van der Waals surface area contributed by atoms with Crippen molar-refractivity contribution >= 4 is 29.2 Å². The smallest absolute Gasteiger partial charge is 0.0351 e. The molecule has 0 aliphatic carbocycles. The Hall–Kier alpha value is -0.690. The van der Waals surface area contributed by atoms with E-state index in [0.717, 1.165) is 0 Å². The van der Waals surface area contributed by atoms with Crippen LogP contribution >= 0.6 is 23.1 Å². The van der Waals surface area contributed by atoms with Crippen LogP contribution in [0.25, 0.3) is 6.08 Å². The van der Waals surface area contributed by atoms with Gasteiger partial charge < -0.3 is 0 Å². The highest BCUT2D eigenvalue weighted by Crippen LogP contribution is 2.45. The summed E-state index contributed by atoms with van der Waals surface area (Å²) in [6, 6.07) is 0. The fourth-order valence-corrected chi connectivity index (χ4v) is 4.29. The lowest BCUT2D eigenvalue weighted by molar-refractivity contribution is 0.532. The predicted molar refractivity (Wildman–Crippen MR) is 89.0 cm³/mol. The van der Waals surface area contributed by atoms with Gasteiger partial charge in [0.25, 0.3) is 0 Å². The highest BCUT2D eigenvalue weighted by atomic mass is 32.2. The third-order valence-corrected chi connectivity index (χ3v) is 5.58. The van der Waals surface area contributed by atoms with Gasteiger partial charge in [0.15, 0.2) is 0 Å². The van der Waals surface area contributed by atoms with E-state index in [9.17, 15) is 0 Å². The average Bonchev–Trinajstić information content (AvgIpc) is 2.69. The number of fused-ring (bicyclic) bond motifs is 1. The van der Waals surface area contributed by atoms with Crippen molar-refractivity contribution in [1.82, 2.24) is 0 Å². The molecule has 0 N–H and O–H groups in total. The van der Waals surface area contributed by atoms with Crippen LogP contribution < -0.4 is 0 Å². The van der Waals surface area contributed by atoms with Gasteiger partial charge in [0, 0.05) is 31.0 Å². The Bertz CT molecular complexity index is 571. The first-order valence-electron chi connectivity index (χ1n) is 6.62. The van der Waals surface area contributed by atoms with Gasteiger partial charge in [-0.2, -0.15) is 0 Å². The maximum Gasteiger partial charge on any atom is 0.0351 e. The second-order valence-corrected chi connectivity index (χ2v) is 8.82. The largest absolute Gasteiger partial charge is 0.146 e. The second kappa shape index (κ2) is 5.01. The third-order valence-electron chi connectivity index (χ3n) is 3.04. The van der Waals surface area contributed by atoms with Crippen LogP contribution in [0.5, 0.6) is 0 Å². The second-order valence-electron chi connectivity index (χ2n) is 6.72. The van der Waals surface area contributed by atoms with Crippen molar-refractivity contribution < 1.29 is 0 Å². The molecule has 0 aromatic carbocycles. The molecular formula is C17H22S2. The first-order valence-corrected chi connectivity index (χ1v) is 8.32. The van der Waals surface area contributed by atoms with Crippen molar-refractivity contribution in [2.45, 2.75) is 51.9 Å². The lowest BCUT2D eigenvalue weighted by Crippen LogP contribution is -2.14. The third kappa shape index (κ3) is 3.45. The number of allylic oxidation sites excluding steroid dienone is 3. The molecule has 2 heteroatoms. The molecule has 1 aromatic rings. The molecular weight excluding hydrogens is 268 g/mol. The quantitative estimate of drug-likeness (QED) is 0.458. The fourth-order valence-electron chi connectivity index (χ4n) is 1.91. The summed E-state index contributed by atoms with van der Waals surface area (Å²) in [7, 11) is 0. The van der Waals surface area contributed by atoms with Gasteiger partial charge in [-0.25, -0.2) is 0 Å². The molecule has 1 aliphatic rings. The molecule has 0 amide bonds. The summed E-state index contributed by atoms with van der Waals surface area (Å²) in [5, 5.41) is 2.25. The zero-order valence-corrected chi connectivity index (χ0v) is 14.3. The van der Waals surface area contributed by atoms with Crippen LogP contribution in [0.4, 0.5) is 0 Å². The number of thioether (sulfide) groups is 1. The van der Waals surface area contributed by atoms with E-state index in [1.54, 1.807) is 0 Å². The zero-order chi connectivity index (χ0) is 14.3. The standard InChI is InChI=1S/C17H22S2/c1-12-7-8-13-11-18-15(14(13)19-12)17(5,6)10-9-16(2,3)4/h8-11H,1-6H3/b10-9+. The van der Waals surface area contributed by atoms with Gasteiger partial charge in [0.1, 0.15) is 0 Å². The highest BCUT2D eigenvalue weighted by molar-refractivity contribution is 8.03. The SMILES string of the molecule is CC1=C=Cc2csc(C(C)(C)/C=C/C(C)(C)C)c2S1. The van der Waals surface area contributed by atoms with Gasteiger partial charge in [0.2, 0.25) is 0 Å². The Morgan fingerprint density at radius 2 is 1.79 bits per heavy atom. The lowest BCUT2D eigenvalue weighted by Gasteiger charge is -2.23. The maximum atomic E-state index is 3.30. The Morgan fingerprint density at radius 3 is 2.42 bits per heavy atom. The van der Waals surface area contributed by atoms with E-state index in [1.807, 2.05) is 23.1 Å². The summed E-state index contributed by atoms with van der Waals surface area (Å²) < 4.78 is 0. The van der Waals surface area contributed by atoms with Gasteiger partial charge in [-0.1, -0.05) is 58.5 Å². The Kier molecular flexibility index (Phi) is 3.88. The molecule has 0 atom stereocenters. The molecule has 2 rings (SSSR count). The zero-order valence-electron chi connectivity index (χ0n) is 12.6. The molecule has 0 saturated heterocycles. The van der Waals surface area contributed by atoms with Crippen LogP contribution in [0.15, 0.2) is 33.1 Å². The summed E-state index contributed by atoms with van der Waals surface area (Å²) in [5.74, 6) is 0. The topological polar surface area (TPSA) is 0 Å². The summed E-state index contributed by atoms with van der Waals surface area (Å²) in [6.07, 6.45) is 6.80. The van der Waals surface area contributed by atoms with Crippen molar-refractivity contribution in [2.24, 2.45) is 5.41 Å². The van der Waals surface area contributed by atoms with Crippen molar-refractivity contribution in [1.29, 1.82) is 0 Å². The van der Waals surface area contributed by atoms with E-state index < -0.39 is 0 Å². The Morgan fingerprint density at radius 1 is 1.11 bits per heavy atom. The molecule has 0 spiro atoms. The van der Waals surface area contributed by atoms with Gasteiger partial charge >= 0.3 is 0 Å².